The Balaban J connectivity index is 2.49. The molecule has 0 amide bonds. The van der Waals surface area contributed by atoms with Gasteiger partial charge in [0, 0.05) is 37.5 Å². The van der Waals surface area contributed by atoms with E-state index in [9.17, 15) is 8.42 Å². The molecule has 5 heteroatoms. The van der Waals surface area contributed by atoms with E-state index in [0.29, 0.717) is 18.6 Å². The number of hydrogen-bond donors (Lipinski definition) is 1. The van der Waals surface area contributed by atoms with Crippen molar-refractivity contribution in [3.05, 3.63) is 0 Å². The van der Waals surface area contributed by atoms with Crippen LogP contribution in [0.2, 0.25) is 0 Å². The first-order valence-electron chi connectivity index (χ1n) is 5.63. The molecule has 1 rings (SSSR count). The fraction of sp³-hybridized carbons (Fsp3) is 1.00. The zero-order chi connectivity index (χ0) is 11.5. The molecule has 0 unspecified atom stereocenters. The van der Waals surface area contributed by atoms with E-state index >= 15 is 0 Å². The maximum atomic E-state index is 11.4. The minimum Gasteiger partial charge on any atom is -0.314 e. The molecule has 90 valence electrons. The van der Waals surface area contributed by atoms with Gasteiger partial charge in [0.1, 0.15) is 0 Å². The second-order valence-electron chi connectivity index (χ2n) is 4.33. The summed E-state index contributed by atoms with van der Waals surface area (Å²) in [4.78, 5) is 2.28. The third kappa shape index (κ3) is 3.74. The van der Waals surface area contributed by atoms with Crippen LogP contribution in [0.15, 0.2) is 0 Å². The summed E-state index contributed by atoms with van der Waals surface area (Å²) in [6.45, 7) is 8.57. The molecule has 0 bridgehead atoms. The van der Waals surface area contributed by atoms with Gasteiger partial charge in [0.15, 0.2) is 9.84 Å². The van der Waals surface area contributed by atoms with Crippen molar-refractivity contribution in [2.24, 2.45) is 0 Å². The third-order valence-corrected chi connectivity index (χ3v) is 4.80. The molecule has 0 radical (unpaired) electrons. The summed E-state index contributed by atoms with van der Waals surface area (Å²) in [5.74, 6) is 0.542. The van der Waals surface area contributed by atoms with Crippen LogP contribution in [-0.4, -0.2) is 56.5 Å². The highest BCUT2D eigenvalue weighted by atomic mass is 32.2. The van der Waals surface area contributed by atoms with Crippen molar-refractivity contribution in [2.45, 2.75) is 32.9 Å². The molecule has 1 saturated heterocycles. The topological polar surface area (TPSA) is 49.4 Å². The molecule has 0 spiro atoms. The first-order chi connectivity index (χ1) is 6.96. The normalized spacial score (nSPS) is 29.3. The van der Waals surface area contributed by atoms with Gasteiger partial charge in [-0.05, 0) is 13.8 Å². The number of sulfone groups is 1. The van der Waals surface area contributed by atoms with Crippen LogP contribution in [0.25, 0.3) is 0 Å². The molecule has 4 nitrogen and oxygen atoms in total. The van der Waals surface area contributed by atoms with Crippen LogP contribution >= 0.6 is 0 Å². The van der Waals surface area contributed by atoms with Crippen molar-refractivity contribution >= 4 is 9.84 Å². The van der Waals surface area contributed by atoms with E-state index in [4.69, 9.17) is 0 Å². The van der Waals surface area contributed by atoms with Gasteiger partial charge in [-0.2, -0.15) is 0 Å². The van der Waals surface area contributed by atoms with Crippen molar-refractivity contribution in [3.63, 3.8) is 0 Å². The van der Waals surface area contributed by atoms with Gasteiger partial charge in [0.25, 0.3) is 0 Å². The van der Waals surface area contributed by atoms with E-state index in [-0.39, 0.29) is 11.5 Å². The molecule has 1 fully saturated rings. The van der Waals surface area contributed by atoms with E-state index in [1.807, 2.05) is 0 Å². The summed E-state index contributed by atoms with van der Waals surface area (Å²) < 4.78 is 22.8. The Morgan fingerprint density at radius 1 is 1.27 bits per heavy atom. The predicted octanol–water partition coefficient (Wildman–Crippen LogP) is 0.103. The summed E-state index contributed by atoms with van der Waals surface area (Å²) in [6, 6.07) is 0.863. The molecular weight excluding hydrogens is 212 g/mol. The largest absolute Gasteiger partial charge is 0.314 e. The maximum Gasteiger partial charge on any atom is 0.151 e. The Kier molecular flexibility index (Phi) is 4.55. The summed E-state index contributed by atoms with van der Waals surface area (Å²) >= 11 is 0. The second kappa shape index (κ2) is 5.27. The molecule has 15 heavy (non-hydrogen) atoms. The highest BCUT2D eigenvalue weighted by Crippen LogP contribution is 2.09. The lowest BCUT2D eigenvalue weighted by atomic mass is 10.1. The van der Waals surface area contributed by atoms with E-state index < -0.39 is 9.84 Å². The van der Waals surface area contributed by atoms with Crippen LogP contribution < -0.4 is 5.32 Å². The number of hydrogen-bond acceptors (Lipinski definition) is 4. The number of nitrogens with one attached hydrogen (secondary N) is 1. The number of rotatable bonds is 4. The quantitative estimate of drug-likeness (QED) is 0.750. The Hall–Kier alpha value is -0.130. The average Bonchev–Trinajstić information content (AvgIpc) is 2.17. The van der Waals surface area contributed by atoms with Crippen LogP contribution in [0.1, 0.15) is 20.8 Å². The summed E-state index contributed by atoms with van der Waals surface area (Å²) in [7, 11) is -2.83. The van der Waals surface area contributed by atoms with E-state index in [1.165, 1.54) is 0 Å². The Morgan fingerprint density at radius 3 is 2.27 bits per heavy atom. The minimum absolute atomic E-state index is 0.252. The lowest BCUT2D eigenvalue weighted by molar-refractivity contribution is 0.125. The van der Waals surface area contributed by atoms with Gasteiger partial charge in [-0.25, -0.2) is 8.42 Å². The zero-order valence-corrected chi connectivity index (χ0v) is 10.7. The van der Waals surface area contributed by atoms with E-state index in [0.717, 1.165) is 13.1 Å². The highest BCUT2D eigenvalue weighted by molar-refractivity contribution is 7.91. The van der Waals surface area contributed by atoms with Crippen LogP contribution in [0.5, 0.6) is 0 Å². The molecular formula is C10H22N2O2S. The Morgan fingerprint density at radius 2 is 1.80 bits per heavy atom. The predicted molar refractivity (Wildman–Crippen MR) is 62.8 cm³/mol. The summed E-state index contributed by atoms with van der Waals surface area (Å²) in [6.07, 6.45) is 0. The van der Waals surface area contributed by atoms with Gasteiger partial charge >= 0.3 is 0 Å². The first kappa shape index (κ1) is 12.9. The molecule has 0 saturated carbocycles. The average molecular weight is 234 g/mol. The number of piperazine rings is 1. The summed E-state index contributed by atoms with van der Waals surface area (Å²) in [5, 5.41) is 3.33. The fourth-order valence-electron chi connectivity index (χ4n) is 2.00. The highest BCUT2D eigenvalue weighted by Gasteiger charge is 2.25. The lowest BCUT2D eigenvalue weighted by Gasteiger charge is -2.39. The van der Waals surface area contributed by atoms with Crippen LogP contribution in [-0.2, 0) is 9.84 Å². The van der Waals surface area contributed by atoms with Gasteiger partial charge in [0.2, 0.25) is 0 Å². The third-order valence-electron chi connectivity index (χ3n) is 3.11. The van der Waals surface area contributed by atoms with Crippen LogP contribution in [0, 0.1) is 0 Å². The first-order valence-corrected chi connectivity index (χ1v) is 7.45. The second-order valence-corrected chi connectivity index (χ2v) is 6.80. The standard InChI is InChI=1S/C10H22N2O2S/c1-4-15(13,14)6-5-12-9(2)7-11-8-10(12)3/h9-11H,4-8H2,1-3H3/t9-,10+. The van der Waals surface area contributed by atoms with Crippen LogP contribution in [0.3, 0.4) is 0 Å². The fourth-order valence-corrected chi connectivity index (χ4v) is 2.78. The molecule has 1 heterocycles. The van der Waals surface area contributed by atoms with Gasteiger partial charge in [-0.1, -0.05) is 6.92 Å². The lowest BCUT2D eigenvalue weighted by Crippen LogP contribution is -2.56. The Labute approximate surface area is 93.0 Å². The molecule has 2 atom stereocenters. The monoisotopic (exact) mass is 234 g/mol. The molecule has 0 aliphatic carbocycles. The van der Waals surface area contributed by atoms with E-state index in [2.05, 4.69) is 24.1 Å². The van der Waals surface area contributed by atoms with Gasteiger partial charge in [0.05, 0.1) is 5.75 Å². The minimum atomic E-state index is -2.83. The smallest absolute Gasteiger partial charge is 0.151 e. The molecule has 0 aromatic heterocycles. The van der Waals surface area contributed by atoms with Crippen molar-refractivity contribution in [1.82, 2.24) is 10.2 Å². The SMILES string of the molecule is CCS(=O)(=O)CCN1[C@H](C)CNC[C@@H]1C. The van der Waals surface area contributed by atoms with E-state index in [1.54, 1.807) is 6.92 Å². The van der Waals surface area contributed by atoms with Gasteiger partial charge in [-0.15, -0.1) is 0 Å². The zero-order valence-electron chi connectivity index (χ0n) is 9.86. The Bertz CT molecular complexity index is 280. The van der Waals surface area contributed by atoms with Gasteiger partial charge in [-0.3, -0.25) is 4.90 Å². The molecule has 1 N–H and O–H groups in total. The van der Waals surface area contributed by atoms with Crippen molar-refractivity contribution in [3.8, 4) is 0 Å². The summed E-state index contributed by atoms with van der Waals surface area (Å²) in [5.41, 5.74) is 0. The molecule has 0 aromatic rings. The van der Waals surface area contributed by atoms with Gasteiger partial charge < -0.3 is 5.32 Å². The molecule has 1 aliphatic rings. The maximum absolute atomic E-state index is 11.4. The van der Waals surface area contributed by atoms with Crippen molar-refractivity contribution in [1.29, 1.82) is 0 Å². The van der Waals surface area contributed by atoms with Crippen molar-refractivity contribution < 1.29 is 8.42 Å². The van der Waals surface area contributed by atoms with Crippen molar-refractivity contribution in [2.75, 3.05) is 31.1 Å². The number of nitrogens with zero attached hydrogens (tertiary/aromatic N) is 1. The van der Waals surface area contributed by atoms with Crippen LogP contribution in [0.4, 0.5) is 0 Å². The molecule has 0 aromatic carbocycles. The molecule has 1 aliphatic heterocycles.